The number of anilines is 2. The van der Waals surface area contributed by atoms with Crippen molar-refractivity contribution < 1.29 is 27.1 Å². The van der Waals surface area contributed by atoms with Crippen LogP contribution in [0.25, 0.3) is 11.1 Å². The van der Waals surface area contributed by atoms with Crippen LogP contribution in [0.1, 0.15) is 34.1 Å². The van der Waals surface area contributed by atoms with Gasteiger partial charge in [-0.2, -0.15) is 13.2 Å². The van der Waals surface area contributed by atoms with Crippen molar-refractivity contribution in [1.82, 2.24) is 9.97 Å². The Hall–Kier alpha value is -3.97. The molecular formula is C26H22F4N4O2. The summed E-state index contributed by atoms with van der Waals surface area (Å²) in [4.78, 5) is 22.7. The van der Waals surface area contributed by atoms with Crippen molar-refractivity contribution in [2.45, 2.75) is 20.0 Å². The standard InChI is InChI=1S/C26H22F4N4O2/c1-3-4-22-24(34-5-7-36-8-6-34)11-17(14-32-22)20-12-23(21(27)9-16(20)2)33-25(35)18-10-19(15-31-13-18)26(28,29)30/h9-15H,5-8H2,1-2H3,(H,33,35). The number of hydrogen-bond acceptors (Lipinski definition) is 5. The van der Waals surface area contributed by atoms with E-state index < -0.39 is 23.5 Å². The maximum Gasteiger partial charge on any atom is 0.417 e. The van der Waals surface area contributed by atoms with Crippen LogP contribution in [-0.4, -0.2) is 42.2 Å². The first-order valence-corrected chi connectivity index (χ1v) is 11.1. The van der Waals surface area contributed by atoms with E-state index in [4.69, 9.17) is 4.74 Å². The van der Waals surface area contributed by atoms with Crippen molar-refractivity contribution >= 4 is 17.3 Å². The molecule has 1 amide bonds. The highest BCUT2D eigenvalue weighted by Crippen LogP contribution is 2.33. The van der Waals surface area contributed by atoms with Gasteiger partial charge < -0.3 is 15.0 Å². The van der Waals surface area contributed by atoms with Crippen molar-refractivity contribution in [1.29, 1.82) is 0 Å². The zero-order chi connectivity index (χ0) is 25.9. The minimum absolute atomic E-state index is 0.177. The fourth-order valence-corrected chi connectivity index (χ4v) is 3.85. The zero-order valence-electron chi connectivity index (χ0n) is 19.5. The van der Waals surface area contributed by atoms with Crippen LogP contribution < -0.4 is 10.2 Å². The van der Waals surface area contributed by atoms with Crippen LogP contribution >= 0.6 is 0 Å². The second kappa shape index (κ2) is 10.3. The van der Waals surface area contributed by atoms with Gasteiger partial charge in [0.05, 0.1) is 35.7 Å². The Balaban J connectivity index is 1.69. The maximum atomic E-state index is 14.8. The van der Waals surface area contributed by atoms with Crippen LogP contribution in [-0.2, 0) is 10.9 Å². The summed E-state index contributed by atoms with van der Waals surface area (Å²) in [6.45, 7) is 5.90. The molecule has 1 aromatic carbocycles. The fraction of sp³-hybridized carbons (Fsp3) is 0.269. The minimum Gasteiger partial charge on any atom is -0.378 e. The molecule has 2 aromatic heterocycles. The molecule has 1 aliphatic rings. The van der Waals surface area contributed by atoms with Gasteiger partial charge in [-0.3, -0.25) is 9.78 Å². The number of carbonyl (C=O) groups excluding carboxylic acids is 1. The molecule has 0 saturated carbocycles. The van der Waals surface area contributed by atoms with Gasteiger partial charge in [0.25, 0.3) is 5.91 Å². The summed E-state index contributed by atoms with van der Waals surface area (Å²) in [5.74, 6) is 4.22. The molecule has 3 aromatic rings. The summed E-state index contributed by atoms with van der Waals surface area (Å²) in [6.07, 6.45) is -1.44. The first kappa shape index (κ1) is 25.1. The van der Waals surface area contributed by atoms with Gasteiger partial charge in [-0.25, -0.2) is 9.37 Å². The van der Waals surface area contributed by atoms with Crippen molar-refractivity contribution in [3.8, 4) is 23.0 Å². The quantitative estimate of drug-likeness (QED) is 0.402. The van der Waals surface area contributed by atoms with E-state index in [1.54, 1.807) is 20.0 Å². The molecule has 0 spiro atoms. The Morgan fingerprint density at radius 1 is 1.11 bits per heavy atom. The summed E-state index contributed by atoms with van der Waals surface area (Å²) in [6, 6.07) is 5.26. The highest BCUT2D eigenvalue weighted by Gasteiger charge is 2.31. The van der Waals surface area contributed by atoms with Gasteiger partial charge >= 0.3 is 6.18 Å². The lowest BCUT2D eigenvalue weighted by molar-refractivity contribution is -0.137. The molecule has 4 rings (SSSR count). The van der Waals surface area contributed by atoms with Gasteiger partial charge in [-0.15, -0.1) is 0 Å². The number of aromatic nitrogens is 2. The second-order valence-electron chi connectivity index (χ2n) is 8.13. The number of pyridine rings is 2. The molecule has 10 heteroatoms. The van der Waals surface area contributed by atoms with Gasteiger partial charge in [-0.05, 0) is 55.2 Å². The molecule has 1 N–H and O–H groups in total. The predicted molar refractivity (Wildman–Crippen MR) is 127 cm³/mol. The van der Waals surface area contributed by atoms with Crippen LogP contribution in [0, 0.1) is 24.6 Å². The van der Waals surface area contributed by atoms with Gasteiger partial charge in [0, 0.05) is 37.2 Å². The van der Waals surface area contributed by atoms with Crippen molar-refractivity contribution in [3.05, 3.63) is 71.1 Å². The number of hydrogen-bond donors (Lipinski definition) is 1. The summed E-state index contributed by atoms with van der Waals surface area (Å²) >= 11 is 0. The van der Waals surface area contributed by atoms with Crippen molar-refractivity contribution in [2.24, 2.45) is 0 Å². The van der Waals surface area contributed by atoms with E-state index in [1.807, 2.05) is 6.07 Å². The van der Waals surface area contributed by atoms with Crippen LogP contribution in [0.2, 0.25) is 0 Å². The lowest BCUT2D eigenvalue weighted by Crippen LogP contribution is -2.36. The summed E-state index contributed by atoms with van der Waals surface area (Å²) < 4.78 is 59.2. The van der Waals surface area contributed by atoms with Crippen LogP contribution in [0.4, 0.5) is 28.9 Å². The molecule has 0 unspecified atom stereocenters. The minimum atomic E-state index is -4.66. The third kappa shape index (κ3) is 5.47. The SMILES string of the molecule is CC#Cc1ncc(-c2cc(NC(=O)c3cncc(C(F)(F)F)c3)c(F)cc2C)cc1N1CCOCC1. The third-order valence-electron chi connectivity index (χ3n) is 5.66. The highest BCUT2D eigenvalue weighted by atomic mass is 19.4. The molecular weight excluding hydrogens is 476 g/mol. The van der Waals surface area contributed by atoms with Crippen LogP contribution in [0.15, 0.2) is 42.9 Å². The van der Waals surface area contributed by atoms with E-state index in [9.17, 15) is 22.4 Å². The number of ether oxygens (including phenoxy) is 1. The lowest BCUT2D eigenvalue weighted by Gasteiger charge is -2.29. The van der Waals surface area contributed by atoms with E-state index in [-0.39, 0.29) is 11.3 Å². The van der Waals surface area contributed by atoms with Gasteiger partial charge in [-0.1, -0.05) is 5.92 Å². The molecule has 3 heterocycles. The molecule has 1 saturated heterocycles. The van der Waals surface area contributed by atoms with Crippen LogP contribution in [0.3, 0.4) is 0 Å². The van der Waals surface area contributed by atoms with Crippen LogP contribution in [0.5, 0.6) is 0 Å². The molecule has 6 nitrogen and oxygen atoms in total. The Labute approximate surface area is 205 Å². The van der Waals surface area contributed by atoms with Gasteiger partial charge in [0.2, 0.25) is 0 Å². The number of nitrogens with zero attached hydrogens (tertiary/aromatic N) is 3. The first-order chi connectivity index (χ1) is 17.2. The maximum absolute atomic E-state index is 14.8. The van der Waals surface area contributed by atoms with Crippen molar-refractivity contribution in [3.63, 3.8) is 0 Å². The van der Waals surface area contributed by atoms with E-state index in [0.717, 1.165) is 11.9 Å². The largest absolute Gasteiger partial charge is 0.417 e. The first-order valence-electron chi connectivity index (χ1n) is 11.1. The number of nitrogens with one attached hydrogen (secondary N) is 1. The van der Waals surface area contributed by atoms with E-state index in [2.05, 4.69) is 32.0 Å². The summed E-state index contributed by atoms with van der Waals surface area (Å²) in [7, 11) is 0. The number of halogens is 4. The third-order valence-corrected chi connectivity index (χ3v) is 5.66. The normalized spacial score (nSPS) is 13.7. The lowest BCUT2D eigenvalue weighted by atomic mass is 9.99. The number of aryl methyl sites for hydroxylation is 1. The number of alkyl halides is 3. The topological polar surface area (TPSA) is 67.4 Å². The molecule has 0 atom stereocenters. The summed E-state index contributed by atoms with van der Waals surface area (Å²) in [5.41, 5.74) is 1.70. The smallest absolute Gasteiger partial charge is 0.378 e. The molecule has 1 aliphatic heterocycles. The number of benzene rings is 1. The Bertz CT molecular complexity index is 1360. The average Bonchev–Trinajstić information content (AvgIpc) is 2.86. The number of amides is 1. The monoisotopic (exact) mass is 498 g/mol. The number of carbonyl (C=O) groups is 1. The molecule has 36 heavy (non-hydrogen) atoms. The molecule has 1 fully saturated rings. The molecule has 186 valence electrons. The molecule has 0 aliphatic carbocycles. The second-order valence-corrected chi connectivity index (χ2v) is 8.13. The summed E-state index contributed by atoms with van der Waals surface area (Å²) in [5, 5.41) is 2.36. The van der Waals surface area contributed by atoms with Gasteiger partial charge in [0.15, 0.2) is 0 Å². The molecule has 0 radical (unpaired) electrons. The van der Waals surface area contributed by atoms with E-state index >= 15 is 0 Å². The van der Waals surface area contributed by atoms with E-state index in [1.165, 1.54) is 12.1 Å². The van der Waals surface area contributed by atoms with Crippen molar-refractivity contribution in [2.75, 3.05) is 36.5 Å². The Morgan fingerprint density at radius 3 is 2.56 bits per heavy atom. The Morgan fingerprint density at radius 2 is 1.86 bits per heavy atom. The zero-order valence-corrected chi connectivity index (χ0v) is 19.5. The Kier molecular flexibility index (Phi) is 7.22. The predicted octanol–water partition coefficient (Wildman–Crippen LogP) is 5.07. The van der Waals surface area contributed by atoms with E-state index in [0.29, 0.717) is 61.0 Å². The molecule has 0 bridgehead atoms. The fourth-order valence-electron chi connectivity index (χ4n) is 3.85. The average molecular weight is 498 g/mol. The highest BCUT2D eigenvalue weighted by molar-refractivity contribution is 6.04. The number of rotatable bonds is 4. The number of morpholine rings is 1. The van der Waals surface area contributed by atoms with Gasteiger partial charge in [0.1, 0.15) is 11.5 Å².